The quantitative estimate of drug-likeness (QED) is 0.939. The minimum Gasteiger partial charge on any atom is -0.369 e. The summed E-state index contributed by atoms with van der Waals surface area (Å²) >= 11 is 0. The summed E-state index contributed by atoms with van der Waals surface area (Å²) in [6.45, 7) is 4.06. The Morgan fingerprint density at radius 2 is 2.09 bits per heavy atom. The van der Waals surface area contributed by atoms with Gasteiger partial charge in [-0.3, -0.25) is 4.98 Å². The van der Waals surface area contributed by atoms with Crippen LogP contribution in [-0.4, -0.2) is 31.2 Å². The molecule has 1 fully saturated rings. The van der Waals surface area contributed by atoms with E-state index in [2.05, 4.69) is 22.1 Å². The number of hydrogen-bond donors (Lipinski definition) is 1. The van der Waals surface area contributed by atoms with Crippen LogP contribution < -0.4 is 10.2 Å². The molecule has 0 spiro atoms. The lowest BCUT2D eigenvalue weighted by Crippen LogP contribution is -2.47. The zero-order valence-corrected chi connectivity index (χ0v) is 12.9. The molecule has 1 aliphatic heterocycles. The van der Waals surface area contributed by atoms with Gasteiger partial charge in [0.2, 0.25) is 0 Å². The van der Waals surface area contributed by atoms with Gasteiger partial charge in [0.05, 0.1) is 5.52 Å². The third-order valence-corrected chi connectivity index (χ3v) is 4.42. The fraction of sp³-hybridized carbons (Fsp3) is 0.471. The van der Waals surface area contributed by atoms with E-state index in [1.807, 2.05) is 25.2 Å². The highest BCUT2D eigenvalue weighted by molar-refractivity contribution is 5.94. The van der Waals surface area contributed by atoms with Crippen molar-refractivity contribution in [3.8, 4) is 0 Å². The van der Waals surface area contributed by atoms with Crippen LogP contribution in [-0.2, 0) is 0 Å². The van der Waals surface area contributed by atoms with E-state index in [4.69, 9.17) is 0 Å². The van der Waals surface area contributed by atoms with Crippen LogP contribution in [0.25, 0.3) is 10.9 Å². The topological polar surface area (TPSA) is 28.2 Å². The van der Waals surface area contributed by atoms with E-state index in [1.54, 1.807) is 6.20 Å². The smallest absolute Gasteiger partial charge is 0.265 e. The van der Waals surface area contributed by atoms with E-state index in [-0.39, 0.29) is 5.56 Å². The number of anilines is 1. The largest absolute Gasteiger partial charge is 0.369 e. The van der Waals surface area contributed by atoms with Crippen LogP contribution in [0.4, 0.5) is 14.5 Å². The molecule has 2 heterocycles. The SMILES string of the molecule is CNC1C[C@H](C)CN(c2ccc(C(F)F)c3ncccc23)C1. The molecule has 1 N–H and O–H groups in total. The Hall–Kier alpha value is -1.75. The number of fused-ring (bicyclic) bond motifs is 1. The maximum absolute atomic E-state index is 13.2. The van der Waals surface area contributed by atoms with Crippen molar-refractivity contribution in [3.63, 3.8) is 0 Å². The Kier molecular flexibility index (Phi) is 4.25. The number of benzene rings is 1. The predicted octanol–water partition coefficient (Wildman–Crippen LogP) is 3.61. The van der Waals surface area contributed by atoms with Crippen LogP contribution in [0.3, 0.4) is 0 Å². The van der Waals surface area contributed by atoms with Crippen LogP contribution in [0.5, 0.6) is 0 Å². The molecule has 3 nitrogen and oxygen atoms in total. The summed E-state index contributed by atoms with van der Waals surface area (Å²) < 4.78 is 26.4. The molecule has 1 aromatic carbocycles. The number of nitrogens with one attached hydrogen (secondary N) is 1. The van der Waals surface area contributed by atoms with Crippen LogP contribution in [0.15, 0.2) is 30.5 Å². The molecule has 2 aromatic rings. The van der Waals surface area contributed by atoms with Gasteiger partial charge >= 0.3 is 0 Å². The molecule has 1 saturated heterocycles. The summed E-state index contributed by atoms with van der Waals surface area (Å²) in [6, 6.07) is 7.45. The average molecular weight is 305 g/mol. The standard InChI is InChI=1S/C17H21F2N3/c1-11-8-12(20-2)10-22(9-11)15-6-5-14(17(18)19)16-13(15)4-3-7-21-16/h3-7,11-12,17,20H,8-10H2,1-2H3/t11-,12?/m0/s1. The Bertz CT molecular complexity index is 659. The molecule has 0 radical (unpaired) electrons. The second-order valence-electron chi connectivity index (χ2n) is 6.11. The van der Waals surface area contributed by atoms with Crippen molar-refractivity contribution in [2.45, 2.75) is 25.8 Å². The number of alkyl halides is 2. The second-order valence-corrected chi connectivity index (χ2v) is 6.11. The molecule has 5 heteroatoms. The summed E-state index contributed by atoms with van der Waals surface area (Å²) in [4.78, 5) is 6.48. The lowest BCUT2D eigenvalue weighted by Gasteiger charge is -2.38. The fourth-order valence-electron chi connectivity index (χ4n) is 3.39. The molecular weight excluding hydrogens is 284 g/mol. The molecule has 1 aliphatic rings. The van der Waals surface area contributed by atoms with E-state index in [1.165, 1.54) is 6.07 Å². The minimum absolute atomic E-state index is 0.00887. The van der Waals surface area contributed by atoms with Crippen molar-refractivity contribution in [1.29, 1.82) is 0 Å². The molecule has 2 atom stereocenters. The van der Waals surface area contributed by atoms with Crippen molar-refractivity contribution >= 4 is 16.6 Å². The molecule has 0 bridgehead atoms. The zero-order valence-electron chi connectivity index (χ0n) is 12.9. The fourth-order valence-corrected chi connectivity index (χ4v) is 3.39. The number of aromatic nitrogens is 1. The van der Waals surface area contributed by atoms with E-state index < -0.39 is 6.43 Å². The van der Waals surface area contributed by atoms with Gasteiger partial charge in [-0.15, -0.1) is 0 Å². The van der Waals surface area contributed by atoms with Crippen molar-refractivity contribution < 1.29 is 8.78 Å². The first-order valence-corrected chi connectivity index (χ1v) is 7.68. The maximum Gasteiger partial charge on any atom is 0.265 e. The van der Waals surface area contributed by atoms with E-state index in [0.29, 0.717) is 17.5 Å². The van der Waals surface area contributed by atoms with Gasteiger partial charge in [-0.2, -0.15) is 0 Å². The number of rotatable bonds is 3. The van der Waals surface area contributed by atoms with Crippen molar-refractivity contribution in [2.24, 2.45) is 5.92 Å². The summed E-state index contributed by atoms with van der Waals surface area (Å²) in [5, 5.41) is 4.14. The molecule has 0 amide bonds. The molecule has 1 aromatic heterocycles. The summed E-state index contributed by atoms with van der Waals surface area (Å²) in [5.41, 5.74) is 1.42. The monoisotopic (exact) mass is 305 g/mol. The Balaban J connectivity index is 2.06. The highest BCUT2D eigenvalue weighted by atomic mass is 19.3. The third-order valence-electron chi connectivity index (χ3n) is 4.42. The van der Waals surface area contributed by atoms with E-state index >= 15 is 0 Å². The maximum atomic E-state index is 13.2. The van der Waals surface area contributed by atoms with Crippen LogP contribution >= 0.6 is 0 Å². The lowest BCUT2D eigenvalue weighted by molar-refractivity contribution is 0.153. The van der Waals surface area contributed by atoms with Crippen LogP contribution in [0.1, 0.15) is 25.3 Å². The number of hydrogen-bond acceptors (Lipinski definition) is 3. The van der Waals surface area contributed by atoms with Gasteiger partial charge < -0.3 is 10.2 Å². The van der Waals surface area contributed by atoms with Crippen LogP contribution in [0, 0.1) is 5.92 Å². The number of nitrogens with zero attached hydrogens (tertiary/aromatic N) is 2. The second kappa shape index (κ2) is 6.16. The lowest BCUT2D eigenvalue weighted by atomic mass is 9.94. The normalized spacial score (nSPS) is 22.5. The predicted molar refractivity (Wildman–Crippen MR) is 85.5 cm³/mol. The summed E-state index contributed by atoms with van der Waals surface area (Å²) in [7, 11) is 1.97. The third kappa shape index (κ3) is 2.77. The van der Waals surface area contributed by atoms with Gasteiger partial charge in [-0.05, 0) is 43.7 Å². The Morgan fingerprint density at radius 3 is 2.82 bits per heavy atom. The summed E-state index contributed by atoms with van der Waals surface area (Å²) in [6.07, 6.45) is 0.211. The van der Waals surface area contributed by atoms with Gasteiger partial charge in [-0.1, -0.05) is 6.92 Å². The first-order valence-electron chi connectivity index (χ1n) is 7.68. The summed E-state index contributed by atoms with van der Waals surface area (Å²) in [5.74, 6) is 0.563. The molecule has 22 heavy (non-hydrogen) atoms. The highest BCUT2D eigenvalue weighted by Crippen LogP contribution is 2.34. The minimum atomic E-state index is -2.50. The molecule has 1 unspecified atom stereocenters. The van der Waals surface area contributed by atoms with Crippen molar-refractivity contribution in [3.05, 3.63) is 36.0 Å². The molecule has 0 aliphatic carbocycles. The first-order chi connectivity index (χ1) is 10.6. The first kappa shape index (κ1) is 15.2. The number of likely N-dealkylation sites (N-methyl/N-ethyl adjacent to an activating group) is 1. The van der Waals surface area contributed by atoms with Crippen molar-refractivity contribution in [2.75, 3.05) is 25.0 Å². The average Bonchev–Trinajstić information content (AvgIpc) is 2.52. The zero-order chi connectivity index (χ0) is 15.7. The Labute approximate surface area is 129 Å². The number of piperidine rings is 1. The van der Waals surface area contributed by atoms with Crippen molar-refractivity contribution in [1.82, 2.24) is 10.3 Å². The van der Waals surface area contributed by atoms with Gasteiger partial charge in [0.1, 0.15) is 0 Å². The van der Waals surface area contributed by atoms with Gasteiger partial charge in [-0.25, -0.2) is 8.78 Å². The molecule has 0 saturated carbocycles. The molecule has 118 valence electrons. The van der Waals surface area contributed by atoms with E-state index in [0.717, 1.165) is 30.6 Å². The van der Waals surface area contributed by atoms with Gasteiger partial charge in [0, 0.05) is 42.0 Å². The van der Waals surface area contributed by atoms with Gasteiger partial charge in [0.25, 0.3) is 6.43 Å². The Morgan fingerprint density at radius 1 is 1.27 bits per heavy atom. The highest BCUT2D eigenvalue weighted by Gasteiger charge is 2.25. The molecule has 3 rings (SSSR count). The number of pyridine rings is 1. The number of halogens is 2. The molecular formula is C17H21F2N3. The van der Waals surface area contributed by atoms with Gasteiger partial charge in [0.15, 0.2) is 0 Å². The van der Waals surface area contributed by atoms with Crippen LogP contribution in [0.2, 0.25) is 0 Å². The van der Waals surface area contributed by atoms with E-state index in [9.17, 15) is 8.78 Å².